The van der Waals surface area contributed by atoms with Crippen LogP contribution in [0.1, 0.15) is 13.2 Å². The summed E-state index contributed by atoms with van der Waals surface area (Å²) in [6.07, 6.45) is 4.63. The Morgan fingerprint density at radius 1 is 1.21 bits per heavy atom. The van der Waals surface area contributed by atoms with Crippen LogP contribution in [0.4, 0.5) is 10.1 Å². The molecule has 0 spiro atoms. The fraction of sp³-hybridized carbons (Fsp3) is 0.0870. The highest BCUT2D eigenvalue weighted by molar-refractivity contribution is 7.46. The van der Waals surface area contributed by atoms with E-state index in [1.165, 1.54) is 29.8 Å². The molecule has 1 aromatic carbocycles. The van der Waals surface area contributed by atoms with Gasteiger partial charge in [-0.1, -0.05) is 18.7 Å². The number of carbonyl (C=O) groups excluding carboxylic acids is 1. The molecule has 3 heterocycles. The second-order valence-corrected chi connectivity index (χ2v) is 8.57. The zero-order chi connectivity index (χ0) is 24.5. The van der Waals surface area contributed by atoms with E-state index in [2.05, 4.69) is 21.9 Å². The average Bonchev–Trinajstić information content (AvgIpc) is 3.17. The minimum absolute atomic E-state index is 0.344. The first-order chi connectivity index (χ1) is 16.1. The van der Waals surface area contributed by atoms with Crippen molar-refractivity contribution in [2.45, 2.75) is 13.2 Å². The monoisotopic (exact) mass is 482 g/mol. The van der Waals surface area contributed by atoms with E-state index in [-0.39, 0.29) is 5.91 Å². The second kappa shape index (κ2) is 9.28. The zero-order valence-corrected chi connectivity index (χ0v) is 18.8. The fourth-order valence-electron chi connectivity index (χ4n) is 3.59. The number of fused-ring (bicyclic) bond motifs is 1. The van der Waals surface area contributed by atoms with E-state index in [1.54, 1.807) is 36.7 Å². The highest BCUT2D eigenvalue weighted by Crippen LogP contribution is 2.42. The number of hydrogen-bond acceptors (Lipinski definition) is 5. The van der Waals surface area contributed by atoms with Gasteiger partial charge in [0.2, 0.25) is 11.9 Å². The number of nitrogens with one attached hydrogen (secondary N) is 1. The van der Waals surface area contributed by atoms with Gasteiger partial charge in [-0.05, 0) is 48.4 Å². The SMILES string of the molecule is C=CC(=O)Nc1cccc(-c2cnc3c(c2)c(-c2ccnc(F)c2)cn3C(C)OP(=O)(O)O)c1. The topological polar surface area (TPSA) is 127 Å². The van der Waals surface area contributed by atoms with Crippen LogP contribution in [0.15, 0.2) is 73.7 Å². The van der Waals surface area contributed by atoms with Crippen molar-refractivity contribution in [2.24, 2.45) is 0 Å². The van der Waals surface area contributed by atoms with Gasteiger partial charge in [-0.3, -0.25) is 9.32 Å². The summed E-state index contributed by atoms with van der Waals surface area (Å²) in [5.41, 5.74) is 3.50. The van der Waals surface area contributed by atoms with E-state index in [1.807, 2.05) is 12.1 Å². The fourth-order valence-corrected chi connectivity index (χ4v) is 4.08. The third-order valence-electron chi connectivity index (χ3n) is 5.04. The van der Waals surface area contributed by atoms with Crippen molar-refractivity contribution >= 4 is 30.5 Å². The van der Waals surface area contributed by atoms with Crippen molar-refractivity contribution < 1.29 is 28.1 Å². The van der Waals surface area contributed by atoms with Crippen LogP contribution in [0.25, 0.3) is 33.3 Å². The summed E-state index contributed by atoms with van der Waals surface area (Å²) >= 11 is 0. The first-order valence-electron chi connectivity index (χ1n) is 10.0. The molecular formula is C23H20FN4O5P. The highest BCUT2D eigenvalue weighted by atomic mass is 31.2. The number of hydrogen-bond donors (Lipinski definition) is 3. The van der Waals surface area contributed by atoms with Gasteiger partial charge in [-0.2, -0.15) is 4.39 Å². The van der Waals surface area contributed by atoms with Crippen molar-refractivity contribution in [3.8, 4) is 22.3 Å². The van der Waals surface area contributed by atoms with Crippen molar-refractivity contribution in [1.82, 2.24) is 14.5 Å². The number of phosphoric acid groups is 1. The lowest BCUT2D eigenvalue weighted by molar-refractivity contribution is -0.111. The number of pyridine rings is 2. The van der Waals surface area contributed by atoms with Crippen molar-refractivity contribution in [3.63, 3.8) is 0 Å². The Morgan fingerprint density at radius 2 is 2.00 bits per heavy atom. The van der Waals surface area contributed by atoms with E-state index in [0.717, 1.165) is 5.56 Å². The third kappa shape index (κ3) is 5.11. The Morgan fingerprint density at radius 3 is 2.71 bits per heavy atom. The van der Waals surface area contributed by atoms with Crippen LogP contribution in [0.2, 0.25) is 0 Å². The molecule has 1 amide bonds. The van der Waals surface area contributed by atoms with Gasteiger partial charge in [0.25, 0.3) is 0 Å². The summed E-state index contributed by atoms with van der Waals surface area (Å²) in [6, 6.07) is 11.8. The van der Waals surface area contributed by atoms with Crippen LogP contribution in [-0.2, 0) is 13.9 Å². The maximum Gasteiger partial charge on any atom is 0.471 e. The number of benzene rings is 1. The van der Waals surface area contributed by atoms with E-state index in [0.29, 0.717) is 33.4 Å². The van der Waals surface area contributed by atoms with Crippen LogP contribution >= 0.6 is 7.82 Å². The Kier molecular flexibility index (Phi) is 6.41. The highest BCUT2D eigenvalue weighted by Gasteiger charge is 2.23. The first-order valence-corrected chi connectivity index (χ1v) is 11.6. The van der Waals surface area contributed by atoms with E-state index in [4.69, 9.17) is 4.52 Å². The Bertz CT molecular complexity index is 1450. The van der Waals surface area contributed by atoms with Crippen molar-refractivity contribution in [2.75, 3.05) is 5.32 Å². The summed E-state index contributed by atoms with van der Waals surface area (Å²) in [4.78, 5) is 38.2. The molecule has 0 saturated carbocycles. The molecule has 34 heavy (non-hydrogen) atoms. The predicted molar refractivity (Wildman–Crippen MR) is 125 cm³/mol. The van der Waals surface area contributed by atoms with Crippen LogP contribution in [0, 0.1) is 5.95 Å². The van der Waals surface area contributed by atoms with Gasteiger partial charge >= 0.3 is 7.82 Å². The molecule has 4 aromatic rings. The molecule has 0 aliphatic carbocycles. The predicted octanol–water partition coefficient (Wildman–Crippen LogP) is 4.66. The van der Waals surface area contributed by atoms with Gasteiger partial charge in [0.1, 0.15) is 11.9 Å². The van der Waals surface area contributed by atoms with E-state index < -0.39 is 20.0 Å². The number of phosphoric ester groups is 1. The van der Waals surface area contributed by atoms with E-state index >= 15 is 0 Å². The molecule has 11 heteroatoms. The van der Waals surface area contributed by atoms with Gasteiger partial charge in [0, 0.05) is 46.9 Å². The van der Waals surface area contributed by atoms with Gasteiger partial charge < -0.3 is 19.7 Å². The number of rotatable bonds is 7. The molecule has 9 nitrogen and oxygen atoms in total. The summed E-state index contributed by atoms with van der Waals surface area (Å²) in [6.45, 7) is 4.91. The summed E-state index contributed by atoms with van der Waals surface area (Å²) < 4.78 is 31.5. The lowest BCUT2D eigenvalue weighted by atomic mass is 10.0. The summed E-state index contributed by atoms with van der Waals surface area (Å²) in [5, 5.41) is 3.30. The molecular weight excluding hydrogens is 462 g/mol. The molecule has 0 aliphatic heterocycles. The number of amides is 1. The molecule has 0 fully saturated rings. The van der Waals surface area contributed by atoms with Crippen molar-refractivity contribution in [1.29, 1.82) is 0 Å². The quantitative estimate of drug-likeness (QED) is 0.199. The molecule has 0 saturated heterocycles. The first kappa shape index (κ1) is 23.5. The molecule has 174 valence electrons. The van der Waals surface area contributed by atoms with Gasteiger partial charge in [0.05, 0.1) is 0 Å². The summed E-state index contributed by atoms with van der Waals surface area (Å²) in [5.74, 6) is -1.02. The number of aromatic nitrogens is 3. The normalized spacial score (nSPS) is 12.5. The third-order valence-corrected chi connectivity index (χ3v) is 5.62. The number of carbonyl (C=O) groups is 1. The van der Waals surface area contributed by atoms with Gasteiger partial charge in [-0.25, -0.2) is 14.5 Å². The molecule has 0 radical (unpaired) electrons. The maximum absolute atomic E-state index is 13.9. The number of halogens is 1. The minimum Gasteiger partial charge on any atom is -0.323 e. The number of nitrogens with zero attached hydrogens (tertiary/aromatic N) is 3. The largest absolute Gasteiger partial charge is 0.471 e. The van der Waals surface area contributed by atoms with Crippen molar-refractivity contribution in [3.05, 3.63) is 79.7 Å². The van der Waals surface area contributed by atoms with Crippen LogP contribution in [-0.4, -0.2) is 30.2 Å². The smallest absolute Gasteiger partial charge is 0.323 e. The summed E-state index contributed by atoms with van der Waals surface area (Å²) in [7, 11) is -4.77. The lowest BCUT2D eigenvalue weighted by Gasteiger charge is -2.16. The van der Waals surface area contributed by atoms with Gasteiger partial charge in [-0.15, -0.1) is 0 Å². The Labute approximate surface area is 193 Å². The molecule has 4 rings (SSSR count). The Balaban J connectivity index is 1.86. The molecule has 3 aromatic heterocycles. The maximum atomic E-state index is 13.9. The molecule has 0 aliphatic rings. The molecule has 0 bridgehead atoms. The Hall–Kier alpha value is -3.69. The molecule has 3 N–H and O–H groups in total. The second-order valence-electron chi connectivity index (χ2n) is 7.38. The zero-order valence-electron chi connectivity index (χ0n) is 17.9. The molecule has 1 unspecified atom stereocenters. The lowest BCUT2D eigenvalue weighted by Crippen LogP contribution is -2.07. The van der Waals surface area contributed by atoms with Crippen LogP contribution in [0.5, 0.6) is 0 Å². The van der Waals surface area contributed by atoms with Crippen LogP contribution < -0.4 is 5.32 Å². The standard InChI is InChI=1S/C23H20FN4O5P/c1-3-22(29)27-18-6-4-5-15(9-18)17-10-19-20(16-7-8-25-21(24)11-16)13-28(23(19)26-12-17)14(2)33-34(30,31)32/h3-14H,1H2,2H3,(H,27,29)(H2,30,31,32). The average molecular weight is 482 g/mol. The molecule has 1 atom stereocenters. The number of anilines is 1. The minimum atomic E-state index is -4.77. The van der Waals surface area contributed by atoms with Crippen LogP contribution in [0.3, 0.4) is 0 Å². The van der Waals surface area contributed by atoms with E-state index in [9.17, 15) is 23.5 Å². The van der Waals surface area contributed by atoms with Gasteiger partial charge in [0.15, 0.2) is 0 Å².